The molecule has 0 heterocycles. The number of rotatable bonds is 4. The number of carboxylic acid groups (broad SMARTS) is 1. The number of aliphatic carboxylic acids is 1. The molecule has 1 aromatic rings. The van der Waals surface area contributed by atoms with Crippen molar-refractivity contribution in [3.8, 4) is 11.5 Å². The number of hydrogen-bond acceptors (Lipinski definition) is 3. The lowest BCUT2D eigenvalue weighted by atomic mass is 9.78. The third-order valence-corrected chi connectivity index (χ3v) is 4.20. The van der Waals surface area contributed by atoms with Crippen molar-refractivity contribution in [1.29, 1.82) is 0 Å². The van der Waals surface area contributed by atoms with Gasteiger partial charge in [-0.05, 0) is 30.5 Å². The number of alkyl halides is 3. The van der Waals surface area contributed by atoms with E-state index in [0.29, 0.717) is 25.7 Å². The van der Waals surface area contributed by atoms with Crippen molar-refractivity contribution in [2.75, 3.05) is 14.2 Å². The van der Waals surface area contributed by atoms with Gasteiger partial charge < -0.3 is 14.6 Å². The van der Waals surface area contributed by atoms with E-state index >= 15 is 0 Å². The lowest BCUT2D eigenvalue weighted by Crippen LogP contribution is -2.33. The van der Waals surface area contributed by atoms with Crippen molar-refractivity contribution in [3.63, 3.8) is 0 Å². The van der Waals surface area contributed by atoms with E-state index in [0.717, 1.165) is 13.2 Å². The second-order valence-electron chi connectivity index (χ2n) is 5.35. The molecule has 1 aromatic carbocycles. The minimum Gasteiger partial charge on any atom is -0.493 e. The Labute approximate surface area is 125 Å². The Balaban J connectivity index is 2.70. The average molecular weight is 318 g/mol. The van der Waals surface area contributed by atoms with Crippen LogP contribution in [0.5, 0.6) is 11.5 Å². The number of halogens is 3. The highest BCUT2D eigenvalue weighted by Crippen LogP contribution is 2.48. The van der Waals surface area contributed by atoms with Crippen LogP contribution in [0.25, 0.3) is 0 Å². The maximum absolute atomic E-state index is 13.3. The number of carboxylic acids is 1. The van der Waals surface area contributed by atoms with Crippen LogP contribution in [0.3, 0.4) is 0 Å². The normalized spacial score (nSPS) is 17.3. The summed E-state index contributed by atoms with van der Waals surface area (Å²) >= 11 is 0. The van der Waals surface area contributed by atoms with Crippen LogP contribution in [-0.2, 0) is 16.4 Å². The summed E-state index contributed by atoms with van der Waals surface area (Å²) in [6, 6.07) is 2.22. The molecule has 0 unspecified atom stereocenters. The summed E-state index contributed by atoms with van der Waals surface area (Å²) in [4.78, 5) is 11.7. The maximum Gasteiger partial charge on any atom is 0.420 e. The quantitative estimate of drug-likeness (QED) is 0.921. The van der Waals surface area contributed by atoms with E-state index in [1.807, 2.05) is 0 Å². The summed E-state index contributed by atoms with van der Waals surface area (Å²) in [5.74, 6) is -1.65. The highest BCUT2D eigenvalue weighted by Gasteiger charge is 2.45. The number of methoxy groups -OCH3 is 2. The molecule has 0 spiro atoms. The smallest absolute Gasteiger partial charge is 0.420 e. The second-order valence-corrected chi connectivity index (χ2v) is 5.35. The molecule has 0 atom stereocenters. The van der Waals surface area contributed by atoms with E-state index in [4.69, 9.17) is 9.47 Å². The fraction of sp³-hybridized carbons (Fsp3) is 0.533. The summed E-state index contributed by atoms with van der Waals surface area (Å²) in [5.41, 5.74) is -2.20. The molecule has 1 aliphatic rings. The van der Waals surface area contributed by atoms with Gasteiger partial charge in [0.2, 0.25) is 0 Å². The molecule has 7 heteroatoms. The van der Waals surface area contributed by atoms with Gasteiger partial charge >= 0.3 is 12.1 Å². The van der Waals surface area contributed by atoms with Gasteiger partial charge in [0.1, 0.15) is 5.56 Å². The molecule has 22 heavy (non-hydrogen) atoms. The first kappa shape index (κ1) is 16.5. The first-order chi connectivity index (χ1) is 10.3. The molecule has 1 N–H and O–H groups in total. The Morgan fingerprint density at radius 2 is 1.77 bits per heavy atom. The Morgan fingerprint density at radius 3 is 2.18 bits per heavy atom. The molecule has 0 radical (unpaired) electrons. The Kier molecular flexibility index (Phi) is 4.26. The standard InChI is InChI=1S/C15H17F3O4/c1-21-11-8-9(14(13(19)20)5-3-4-6-14)7-10(12(11)22-2)15(16,17)18/h7-8H,3-6H2,1-2H3,(H,19,20). The maximum atomic E-state index is 13.3. The van der Waals surface area contributed by atoms with Gasteiger partial charge in [-0.1, -0.05) is 12.8 Å². The Hall–Kier alpha value is -1.92. The lowest BCUT2D eigenvalue weighted by Gasteiger charge is -2.27. The highest BCUT2D eigenvalue weighted by atomic mass is 19.4. The highest BCUT2D eigenvalue weighted by molar-refractivity contribution is 5.82. The van der Waals surface area contributed by atoms with Crippen LogP contribution >= 0.6 is 0 Å². The summed E-state index contributed by atoms with van der Waals surface area (Å²) < 4.78 is 49.6. The minimum absolute atomic E-state index is 0.111. The summed E-state index contributed by atoms with van der Waals surface area (Å²) in [6.45, 7) is 0. The molecule has 0 amide bonds. The molecule has 4 nitrogen and oxygen atoms in total. The molecule has 1 fully saturated rings. The summed E-state index contributed by atoms with van der Waals surface area (Å²) in [6.07, 6.45) is -2.69. The number of ether oxygens (including phenoxy) is 2. The monoisotopic (exact) mass is 318 g/mol. The van der Waals surface area contributed by atoms with E-state index in [-0.39, 0.29) is 11.3 Å². The molecule has 122 valence electrons. The van der Waals surface area contributed by atoms with Crippen LogP contribution in [0.1, 0.15) is 36.8 Å². The second kappa shape index (κ2) is 5.70. The Bertz CT molecular complexity index is 575. The van der Waals surface area contributed by atoms with Gasteiger partial charge in [0.15, 0.2) is 11.5 Å². The van der Waals surface area contributed by atoms with E-state index in [9.17, 15) is 23.1 Å². The van der Waals surface area contributed by atoms with Crippen LogP contribution in [0.4, 0.5) is 13.2 Å². The molecule has 0 bridgehead atoms. The van der Waals surface area contributed by atoms with E-state index in [1.165, 1.54) is 13.2 Å². The third-order valence-electron chi connectivity index (χ3n) is 4.20. The van der Waals surface area contributed by atoms with Gasteiger partial charge in [-0.15, -0.1) is 0 Å². The molecular weight excluding hydrogens is 301 g/mol. The Morgan fingerprint density at radius 1 is 1.18 bits per heavy atom. The lowest BCUT2D eigenvalue weighted by molar-refractivity contribution is -0.144. The number of hydrogen-bond donors (Lipinski definition) is 1. The van der Waals surface area contributed by atoms with Gasteiger partial charge in [0.05, 0.1) is 19.6 Å². The topological polar surface area (TPSA) is 55.8 Å². The third kappa shape index (κ3) is 2.60. The van der Waals surface area contributed by atoms with Crippen LogP contribution in [0.2, 0.25) is 0 Å². The zero-order chi connectivity index (χ0) is 16.5. The van der Waals surface area contributed by atoms with Crippen LogP contribution in [-0.4, -0.2) is 25.3 Å². The molecular formula is C15H17F3O4. The first-order valence-electron chi connectivity index (χ1n) is 6.83. The van der Waals surface area contributed by atoms with Crippen molar-refractivity contribution >= 4 is 5.97 Å². The molecule has 1 saturated carbocycles. The van der Waals surface area contributed by atoms with Crippen LogP contribution in [0.15, 0.2) is 12.1 Å². The van der Waals surface area contributed by atoms with Crippen molar-refractivity contribution in [2.45, 2.75) is 37.3 Å². The fourth-order valence-corrected chi connectivity index (χ4v) is 3.06. The fourth-order valence-electron chi connectivity index (χ4n) is 3.06. The first-order valence-corrected chi connectivity index (χ1v) is 6.83. The zero-order valence-corrected chi connectivity index (χ0v) is 12.3. The van der Waals surface area contributed by atoms with Gasteiger partial charge in [-0.3, -0.25) is 4.79 Å². The van der Waals surface area contributed by atoms with Crippen molar-refractivity contribution < 1.29 is 32.5 Å². The van der Waals surface area contributed by atoms with Crippen molar-refractivity contribution in [2.24, 2.45) is 0 Å². The molecule has 0 aliphatic heterocycles. The van der Waals surface area contributed by atoms with Crippen molar-refractivity contribution in [1.82, 2.24) is 0 Å². The van der Waals surface area contributed by atoms with Gasteiger partial charge in [-0.2, -0.15) is 13.2 Å². The number of benzene rings is 1. The molecule has 0 aromatic heterocycles. The molecule has 2 rings (SSSR count). The predicted molar refractivity (Wildman–Crippen MR) is 72.3 cm³/mol. The minimum atomic E-state index is -4.66. The zero-order valence-electron chi connectivity index (χ0n) is 12.3. The average Bonchev–Trinajstić information content (AvgIpc) is 2.95. The van der Waals surface area contributed by atoms with E-state index in [2.05, 4.69) is 0 Å². The predicted octanol–water partition coefficient (Wildman–Crippen LogP) is 3.62. The van der Waals surface area contributed by atoms with Crippen molar-refractivity contribution in [3.05, 3.63) is 23.3 Å². The summed E-state index contributed by atoms with van der Waals surface area (Å²) in [7, 11) is 2.35. The molecule has 0 saturated heterocycles. The van der Waals surface area contributed by atoms with Crippen LogP contribution in [0, 0.1) is 0 Å². The van der Waals surface area contributed by atoms with Gasteiger partial charge in [0, 0.05) is 0 Å². The van der Waals surface area contributed by atoms with Crippen LogP contribution < -0.4 is 9.47 Å². The van der Waals surface area contributed by atoms with E-state index in [1.54, 1.807) is 0 Å². The largest absolute Gasteiger partial charge is 0.493 e. The number of carbonyl (C=O) groups is 1. The molecule has 1 aliphatic carbocycles. The van der Waals surface area contributed by atoms with Gasteiger partial charge in [0.25, 0.3) is 0 Å². The van der Waals surface area contributed by atoms with Gasteiger partial charge in [-0.25, -0.2) is 0 Å². The van der Waals surface area contributed by atoms with E-state index < -0.39 is 28.9 Å². The summed E-state index contributed by atoms with van der Waals surface area (Å²) in [5, 5.41) is 9.55. The SMILES string of the molecule is COc1cc(C2(C(=O)O)CCCC2)cc(C(F)(F)F)c1OC.